The van der Waals surface area contributed by atoms with Crippen LogP contribution in [0.4, 0.5) is 65.9 Å². The van der Waals surface area contributed by atoms with Gasteiger partial charge in [0.15, 0.2) is 5.69 Å². The molecule has 12 aromatic rings. The van der Waals surface area contributed by atoms with Gasteiger partial charge in [0.25, 0.3) is 36.0 Å². The summed E-state index contributed by atoms with van der Waals surface area (Å²) in [7, 11) is 4.69. The Morgan fingerprint density at radius 1 is 0.500 bits per heavy atom. The molecule has 2 unspecified atom stereocenters. The van der Waals surface area contributed by atoms with Gasteiger partial charge in [0.2, 0.25) is 17.7 Å². The predicted molar refractivity (Wildman–Crippen MR) is 432 cm³/mol. The third-order valence-electron chi connectivity index (χ3n) is 21.4. The number of aromatic nitrogens is 9. The fourth-order valence-corrected chi connectivity index (χ4v) is 14.9. The summed E-state index contributed by atoms with van der Waals surface area (Å²) in [4.78, 5) is 92.1. The third-order valence-corrected chi connectivity index (χ3v) is 21.4. The molecule has 2 aliphatic rings. The van der Waals surface area contributed by atoms with E-state index in [0.29, 0.717) is 91.3 Å². The van der Waals surface area contributed by atoms with Crippen LogP contribution in [0.25, 0.3) is 33.4 Å². The summed E-state index contributed by atoms with van der Waals surface area (Å²) >= 11 is 0. The molecule has 6 amide bonds. The standard InChI is InChI=1S/C33H27F8N5O2.C29H29F2N5O2.C28H24F5N5O2/c1-16(46-28-25(27(44-46)29(36)37)32(38,39)7-8-33(28,40)41)30(47)43-24(12-17-10-20(34)14-21(35)11-17)26-22(4-3-9-42-26)18-5-6-23-19(13-18)15-45(2)31(23)48;1-17-18(2)35-36(19(17)3)16-27(37)34-26(13-20-11-23(30)15-24(31)12-20)28-25(9-6-10-33-28)21-7-5-8-22(14-21)29(38)32-4;1-16(38-10-8-24(37-38)28(31,32)33)26(39)36-23(13-17-11-20(29)15-21(30)12-17)25-22(7-4-9-35-25)18-5-3-6-19(14-18)27(40)34-2/h3-6,9-11,13-14,16,24,29H,7-8,12,15H2,1-2H3,(H,43,47);5-12,14-15,26H,13,16H2,1-4H3,(H,32,38)(H,34,37);3-12,14-16,23H,13H2,1-2H3,(H,34,40)(H,36,39)/t16?,24-;26-;16?,23-/m000/s1. The number of hydrogen-bond donors (Lipinski definition) is 5. The lowest BCUT2D eigenvalue weighted by molar-refractivity contribution is -0.142. The number of alkyl halides is 9. The lowest BCUT2D eigenvalue weighted by Gasteiger charge is -2.31. The predicted octanol–water partition coefficient (Wildman–Crippen LogP) is 17.3. The average molecular weight is 1750 g/mol. The van der Waals surface area contributed by atoms with Gasteiger partial charge in [-0.2, -0.15) is 37.2 Å². The molecule has 126 heavy (non-hydrogen) atoms. The van der Waals surface area contributed by atoms with Gasteiger partial charge >= 0.3 is 6.18 Å². The molecule has 6 aromatic heterocycles. The summed E-state index contributed by atoms with van der Waals surface area (Å²) in [5.41, 5.74) is 4.17. The van der Waals surface area contributed by atoms with E-state index < -0.39 is 137 Å². The molecule has 5 N–H and O–H groups in total. The Morgan fingerprint density at radius 3 is 1.36 bits per heavy atom. The third kappa shape index (κ3) is 21.0. The largest absolute Gasteiger partial charge is 0.435 e. The quantitative estimate of drug-likeness (QED) is 0.0354. The van der Waals surface area contributed by atoms with E-state index in [1.807, 2.05) is 32.9 Å². The molecule has 21 nitrogen and oxygen atoms in total. The number of fused-ring (bicyclic) bond motifs is 2. The number of benzene rings is 6. The van der Waals surface area contributed by atoms with Crippen LogP contribution in [0.1, 0.15) is 173 Å². The molecule has 0 bridgehead atoms. The first-order valence-electron chi connectivity index (χ1n) is 39.1. The zero-order valence-electron chi connectivity index (χ0n) is 68.4. The SMILES string of the molecule is CC(C(=O)N[C@@H](Cc1cc(F)cc(F)c1)c1ncccc1-c1ccc2c(c1)CN(C)C2=O)n1nc(C(F)F)c2c1C(F)(F)CCC2(F)F.CNC(=O)c1cccc(-c2cccnc2[C@H](Cc2cc(F)cc(F)c2)NC(=O)C(C)n2ccc(C(F)(F)F)n2)c1.CNC(=O)c1cccc(-c2cccnc2[C@H](Cc2cc(F)cc(F)c2)NC(=O)Cn2nc(C)c(C)c2C)c1. The van der Waals surface area contributed by atoms with Gasteiger partial charge in [-0.05, 0) is 195 Å². The first-order valence-corrected chi connectivity index (χ1v) is 39.1. The van der Waals surface area contributed by atoms with Crippen LogP contribution in [0.15, 0.2) is 189 Å². The fraction of sp³-hybridized carbons (Fsp3) is 0.267. The molecule has 0 fully saturated rings. The van der Waals surface area contributed by atoms with Gasteiger partial charge in [-0.25, -0.2) is 43.9 Å². The molecular formula is C90H80F15N15O6. The topological polar surface area (TPSA) is 258 Å². The van der Waals surface area contributed by atoms with Crippen molar-refractivity contribution in [2.45, 2.75) is 134 Å². The van der Waals surface area contributed by atoms with Crippen molar-refractivity contribution in [2.75, 3.05) is 21.1 Å². The number of nitrogens with one attached hydrogen (secondary N) is 5. The Balaban J connectivity index is 0.000000173. The molecule has 0 spiro atoms. The first kappa shape index (κ1) is 91.4. The first-order chi connectivity index (χ1) is 59.7. The van der Waals surface area contributed by atoms with Crippen molar-refractivity contribution in [3.63, 3.8) is 0 Å². The number of amides is 6. The summed E-state index contributed by atoms with van der Waals surface area (Å²) in [6.45, 7) is 8.43. The lowest BCUT2D eigenvalue weighted by atomic mass is 9.89. The minimum atomic E-state index is -4.68. The molecular weight excluding hydrogens is 1670 g/mol. The van der Waals surface area contributed by atoms with Crippen molar-refractivity contribution in [2.24, 2.45) is 0 Å². The van der Waals surface area contributed by atoms with Crippen molar-refractivity contribution in [3.8, 4) is 33.4 Å². The van der Waals surface area contributed by atoms with Gasteiger partial charge in [-0.1, -0.05) is 48.5 Å². The number of halogens is 15. The maximum absolute atomic E-state index is 15.1. The fourth-order valence-electron chi connectivity index (χ4n) is 14.9. The van der Waals surface area contributed by atoms with Crippen LogP contribution in [-0.2, 0) is 64.8 Å². The zero-order valence-corrected chi connectivity index (χ0v) is 68.4. The highest BCUT2D eigenvalue weighted by atomic mass is 19.4. The highest BCUT2D eigenvalue weighted by Crippen LogP contribution is 2.53. The van der Waals surface area contributed by atoms with Crippen molar-refractivity contribution in [1.29, 1.82) is 0 Å². The second kappa shape index (κ2) is 38.1. The summed E-state index contributed by atoms with van der Waals surface area (Å²) in [6, 6.07) is 32.7. The number of carbonyl (C=O) groups is 6. The maximum Gasteiger partial charge on any atom is 0.435 e. The number of carbonyl (C=O) groups excluding carboxylic acids is 6. The summed E-state index contributed by atoms with van der Waals surface area (Å²) in [5.74, 6) is -15.8. The minimum Gasteiger partial charge on any atom is -0.355 e. The second-order valence-electron chi connectivity index (χ2n) is 30.1. The molecule has 5 atom stereocenters. The van der Waals surface area contributed by atoms with E-state index in [4.69, 9.17) is 0 Å². The molecule has 0 saturated heterocycles. The van der Waals surface area contributed by atoms with E-state index in [1.54, 1.807) is 116 Å². The molecule has 6 aromatic carbocycles. The molecule has 1 aliphatic heterocycles. The van der Waals surface area contributed by atoms with Crippen LogP contribution in [0.5, 0.6) is 0 Å². The summed E-state index contributed by atoms with van der Waals surface area (Å²) < 4.78 is 214. The van der Waals surface area contributed by atoms with Crippen molar-refractivity contribution in [1.82, 2.24) is 75.8 Å². The van der Waals surface area contributed by atoms with Crippen LogP contribution in [0.3, 0.4) is 0 Å². The number of pyridine rings is 3. The van der Waals surface area contributed by atoms with Crippen LogP contribution in [0.2, 0.25) is 0 Å². The van der Waals surface area contributed by atoms with E-state index >= 15 is 8.78 Å². The molecule has 36 heteroatoms. The molecule has 0 saturated carbocycles. The highest BCUT2D eigenvalue weighted by Gasteiger charge is 2.56. The zero-order chi connectivity index (χ0) is 91.1. The Bertz CT molecular complexity index is 6050. The lowest BCUT2D eigenvalue weighted by Crippen LogP contribution is -2.39. The van der Waals surface area contributed by atoms with E-state index in [0.717, 1.165) is 71.2 Å². The summed E-state index contributed by atoms with van der Waals surface area (Å²) in [5, 5.41) is 24.8. The molecule has 7 heterocycles. The Labute approximate surface area is 710 Å². The Kier molecular flexibility index (Phi) is 27.6. The number of rotatable bonds is 24. The van der Waals surface area contributed by atoms with Crippen LogP contribution < -0.4 is 26.6 Å². The smallest absolute Gasteiger partial charge is 0.355 e. The van der Waals surface area contributed by atoms with Crippen molar-refractivity contribution >= 4 is 35.4 Å². The monoisotopic (exact) mass is 1750 g/mol. The average Bonchev–Trinajstić information content (AvgIpc) is 1.56. The van der Waals surface area contributed by atoms with Gasteiger partial charge in [0, 0.05) is 123 Å². The number of hydrogen-bond acceptors (Lipinski definition) is 12. The van der Waals surface area contributed by atoms with Crippen molar-refractivity contribution < 1.29 is 94.6 Å². The maximum atomic E-state index is 15.1. The van der Waals surface area contributed by atoms with Crippen LogP contribution in [-0.4, -0.2) is 106 Å². The number of nitrogens with zero attached hydrogens (tertiary/aromatic N) is 10. The van der Waals surface area contributed by atoms with E-state index in [1.165, 1.54) is 43.4 Å². The van der Waals surface area contributed by atoms with E-state index in [-0.39, 0.29) is 70.9 Å². The number of aryl methyl sites for hydroxylation is 1. The van der Waals surface area contributed by atoms with Crippen LogP contribution in [0, 0.1) is 55.7 Å². The van der Waals surface area contributed by atoms with Crippen LogP contribution >= 0.6 is 0 Å². The Hall–Kier alpha value is -13.8. The highest BCUT2D eigenvalue weighted by molar-refractivity contribution is 5.99. The van der Waals surface area contributed by atoms with Gasteiger partial charge in [-0.3, -0.25) is 57.8 Å². The summed E-state index contributed by atoms with van der Waals surface area (Å²) in [6.07, 6.45) is -5.85. The molecule has 0 radical (unpaired) electrons. The van der Waals surface area contributed by atoms with Gasteiger partial charge < -0.3 is 31.5 Å². The van der Waals surface area contributed by atoms with E-state index in [9.17, 15) is 85.8 Å². The minimum absolute atomic E-state index is 0.0250. The van der Waals surface area contributed by atoms with Gasteiger partial charge in [-0.15, -0.1) is 0 Å². The Morgan fingerprint density at radius 2 is 0.937 bits per heavy atom. The second-order valence-corrected chi connectivity index (χ2v) is 30.1. The van der Waals surface area contributed by atoms with Gasteiger partial charge in [0.1, 0.15) is 64.9 Å². The van der Waals surface area contributed by atoms with Gasteiger partial charge in [0.05, 0.1) is 46.5 Å². The molecule has 14 rings (SSSR count). The van der Waals surface area contributed by atoms with Crippen molar-refractivity contribution in [3.05, 3.63) is 319 Å². The normalized spacial score (nSPS) is 14.4. The molecule has 1 aliphatic carbocycles. The van der Waals surface area contributed by atoms with E-state index in [2.05, 4.69) is 56.8 Å². The molecule has 656 valence electrons.